The van der Waals surface area contributed by atoms with Crippen molar-refractivity contribution >= 4 is 11.6 Å². The molecule has 0 aromatic heterocycles. The summed E-state index contributed by atoms with van der Waals surface area (Å²) in [6, 6.07) is 4.71. The summed E-state index contributed by atoms with van der Waals surface area (Å²) in [7, 11) is 3.49. The predicted molar refractivity (Wildman–Crippen MR) is 82.7 cm³/mol. The van der Waals surface area contributed by atoms with Crippen molar-refractivity contribution in [2.45, 2.75) is 26.2 Å². The summed E-state index contributed by atoms with van der Waals surface area (Å²) in [4.78, 5) is 24.6. The zero-order chi connectivity index (χ0) is 16.2. The van der Waals surface area contributed by atoms with Crippen molar-refractivity contribution in [1.82, 2.24) is 10.2 Å². The van der Waals surface area contributed by atoms with E-state index in [-0.39, 0.29) is 17.0 Å². The Morgan fingerprint density at radius 3 is 2.48 bits per heavy atom. The number of nitrogens with zero attached hydrogens (tertiary/aromatic N) is 2. The minimum absolute atomic E-state index is 0.00429. The van der Waals surface area contributed by atoms with E-state index in [0.29, 0.717) is 24.2 Å². The molecule has 1 N–H and O–H groups in total. The first-order valence-corrected chi connectivity index (χ1v) is 6.87. The maximum Gasteiger partial charge on any atom is 0.273 e. The number of nitro benzene ring substituents is 1. The third-order valence-corrected chi connectivity index (χ3v) is 3.29. The number of rotatable bonds is 5. The molecule has 0 radical (unpaired) electrons. The second kappa shape index (κ2) is 6.67. The summed E-state index contributed by atoms with van der Waals surface area (Å²) in [6.45, 7) is 6.95. The van der Waals surface area contributed by atoms with E-state index in [1.807, 2.05) is 20.8 Å². The van der Waals surface area contributed by atoms with Gasteiger partial charge in [0.05, 0.1) is 4.92 Å². The fourth-order valence-electron chi connectivity index (χ4n) is 2.05. The summed E-state index contributed by atoms with van der Waals surface area (Å²) >= 11 is 0. The van der Waals surface area contributed by atoms with Crippen molar-refractivity contribution < 1.29 is 9.72 Å². The molecule has 0 atom stereocenters. The van der Waals surface area contributed by atoms with Crippen LogP contribution in [0.2, 0.25) is 0 Å². The maximum atomic E-state index is 12.3. The van der Waals surface area contributed by atoms with Crippen LogP contribution in [0.1, 0.15) is 36.7 Å². The minimum Gasteiger partial charge on any atom is -0.340 e. The van der Waals surface area contributed by atoms with Crippen molar-refractivity contribution in [1.29, 1.82) is 0 Å². The van der Waals surface area contributed by atoms with E-state index in [1.165, 1.54) is 6.07 Å². The first kappa shape index (κ1) is 17.1. The van der Waals surface area contributed by atoms with Crippen LogP contribution >= 0.6 is 0 Å². The van der Waals surface area contributed by atoms with E-state index in [2.05, 4.69) is 5.32 Å². The summed E-state index contributed by atoms with van der Waals surface area (Å²) < 4.78 is 0. The van der Waals surface area contributed by atoms with E-state index in [9.17, 15) is 14.9 Å². The molecule has 0 spiro atoms. The van der Waals surface area contributed by atoms with Gasteiger partial charge in [0.15, 0.2) is 0 Å². The third-order valence-electron chi connectivity index (χ3n) is 3.29. The van der Waals surface area contributed by atoms with Crippen molar-refractivity contribution in [3.63, 3.8) is 0 Å². The molecular weight excluding hydrogens is 270 g/mol. The number of benzene rings is 1. The van der Waals surface area contributed by atoms with Gasteiger partial charge in [-0.15, -0.1) is 0 Å². The van der Waals surface area contributed by atoms with Crippen LogP contribution in [0.15, 0.2) is 18.2 Å². The molecule has 0 saturated heterocycles. The van der Waals surface area contributed by atoms with E-state index >= 15 is 0 Å². The molecule has 0 aliphatic rings. The number of nitrogens with one attached hydrogen (secondary N) is 1. The second-order valence-corrected chi connectivity index (χ2v) is 6.07. The maximum absolute atomic E-state index is 12.3. The quantitative estimate of drug-likeness (QED) is 0.667. The summed E-state index contributed by atoms with van der Waals surface area (Å²) in [5, 5.41) is 14.2. The predicted octanol–water partition coefficient (Wildman–Crippen LogP) is 2.18. The molecule has 6 heteroatoms. The van der Waals surface area contributed by atoms with Gasteiger partial charge < -0.3 is 10.2 Å². The molecule has 21 heavy (non-hydrogen) atoms. The van der Waals surface area contributed by atoms with Gasteiger partial charge in [0.2, 0.25) is 0 Å². The number of likely N-dealkylation sites (N-methyl/N-ethyl adjacent to an activating group) is 2. The molecule has 1 amide bonds. The Morgan fingerprint density at radius 1 is 1.38 bits per heavy atom. The molecule has 116 valence electrons. The van der Waals surface area contributed by atoms with Crippen molar-refractivity contribution in [3.05, 3.63) is 39.4 Å². The number of hydrogen-bond acceptors (Lipinski definition) is 4. The molecule has 1 rings (SSSR count). The topological polar surface area (TPSA) is 75.5 Å². The van der Waals surface area contributed by atoms with Gasteiger partial charge in [0, 0.05) is 37.3 Å². The monoisotopic (exact) mass is 293 g/mol. The lowest BCUT2D eigenvalue weighted by atomic mass is 9.85. The average molecular weight is 293 g/mol. The van der Waals surface area contributed by atoms with Crippen LogP contribution in [0.25, 0.3) is 0 Å². The standard InChI is InChI=1S/C15H23N3O3/c1-15(2,3)12-7-6-11(10-13(12)18(20)21)14(19)17(5)9-8-16-4/h6-7,10,16H,8-9H2,1-5H3. The first-order chi connectivity index (χ1) is 9.68. The van der Waals surface area contributed by atoms with Crippen LogP contribution in [-0.4, -0.2) is 42.9 Å². The molecule has 1 aromatic rings. The molecule has 0 aliphatic carbocycles. The molecule has 0 bridgehead atoms. The minimum atomic E-state index is -0.426. The van der Waals surface area contributed by atoms with Crippen LogP contribution < -0.4 is 5.32 Å². The molecule has 0 unspecified atom stereocenters. The number of hydrogen-bond donors (Lipinski definition) is 1. The Bertz CT molecular complexity index is 535. The molecule has 0 fully saturated rings. The SMILES string of the molecule is CNCCN(C)C(=O)c1ccc(C(C)(C)C)c([N+](=O)[O-])c1. The fraction of sp³-hybridized carbons (Fsp3) is 0.533. The van der Waals surface area contributed by atoms with E-state index in [1.54, 1.807) is 31.1 Å². The summed E-state index contributed by atoms with van der Waals surface area (Å²) in [6.07, 6.45) is 0. The van der Waals surface area contributed by atoms with Crippen LogP contribution in [0, 0.1) is 10.1 Å². The van der Waals surface area contributed by atoms with Gasteiger partial charge in [-0.3, -0.25) is 14.9 Å². The zero-order valence-corrected chi connectivity index (χ0v) is 13.3. The Labute approximate surface area is 125 Å². The molecule has 0 aliphatic heterocycles. The van der Waals surface area contributed by atoms with Crippen LogP contribution in [0.5, 0.6) is 0 Å². The van der Waals surface area contributed by atoms with Crippen molar-refractivity contribution in [2.75, 3.05) is 27.2 Å². The van der Waals surface area contributed by atoms with Gasteiger partial charge in [-0.2, -0.15) is 0 Å². The van der Waals surface area contributed by atoms with E-state index in [4.69, 9.17) is 0 Å². The highest BCUT2D eigenvalue weighted by atomic mass is 16.6. The highest BCUT2D eigenvalue weighted by Crippen LogP contribution is 2.32. The van der Waals surface area contributed by atoms with Crippen LogP contribution in [-0.2, 0) is 5.41 Å². The van der Waals surface area contributed by atoms with Gasteiger partial charge in [-0.05, 0) is 18.5 Å². The normalized spacial score (nSPS) is 11.3. The van der Waals surface area contributed by atoms with Gasteiger partial charge in [0.25, 0.3) is 11.6 Å². The number of amides is 1. The average Bonchev–Trinajstić information content (AvgIpc) is 2.42. The summed E-state index contributed by atoms with van der Waals surface area (Å²) in [5.74, 6) is -0.214. The highest BCUT2D eigenvalue weighted by molar-refractivity contribution is 5.94. The van der Waals surface area contributed by atoms with E-state index in [0.717, 1.165) is 0 Å². The molecule has 1 aromatic carbocycles. The second-order valence-electron chi connectivity index (χ2n) is 6.07. The van der Waals surface area contributed by atoms with Gasteiger partial charge in [0.1, 0.15) is 0 Å². The molecular formula is C15H23N3O3. The number of carbonyl (C=O) groups is 1. The Morgan fingerprint density at radius 2 is 2.00 bits per heavy atom. The van der Waals surface area contributed by atoms with Crippen LogP contribution in [0.4, 0.5) is 5.69 Å². The number of carbonyl (C=O) groups excluding carboxylic acids is 1. The summed E-state index contributed by atoms with van der Waals surface area (Å²) in [5.41, 5.74) is 0.618. The van der Waals surface area contributed by atoms with Gasteiger partial charge >= 0.3 is 0 Å². The van der Waals surface area contributed by atoms with Crippen LogP contribution in [0.3, 0.4) is 0 Å². The lowest BCUT2D eigenvalue weighted by Crippen LogP contribution is -2.32. The molecule has 0 heterocycles. The largest absolute Gasteiger partial charge is 0.340 e. The van der Waals surface area contributed by atoms with E-state index < -0.39 is 4.92 Å². The van der Waals surface area contributed by atoms with Gasteiger partial charge in [-0.1, -0.05) is 26.8 Å². The van der Waals surface area contributed by atoms with Crippen molar-refractivity contribution in [3.8, 4) is 0 Å². The zero-order valence-electron chi connectivity index (χ0n) is 13.3. The first-order valence-electron chi connectivity index (χ1n) is 6.87. The molecule has 6 nitrogen and oxygen atoms in total. The fourth-order valence-corrected chi connectivity index (χ4v) is 2.05. The number of nitro groups is 1. The lowest BCUT2D eigenvalue weighted by Gasteiger charge is -2.20. The van der Waals surface area contributed by atoms with Crippen molar-refractivity contribution in [2.24, 2.45) is 0 Å². The third kappa shape index (κ3) is 4.26. The Hall–Kier alpha value is -1.95. The lowest BCUT2D eigenvalue weighted by molar-refractivity contribution is -0.386. The molecule has 0 saturated carbocycles. The Kier molecular flexibility index (Phi) is 5.43. The highest BCUT2D eigenvalue weighted by Gasteiger charge is 2.26. The Balaban J connectivity index is 3.14. The van der Waals surface area contributed by atoms with Gasteiger partial charge in [-0.25, -0.2) is 0 Å². The smallest absolute Gasteiger partial charge is 0.273 e.